The molecule has 3 nitrogen and oxygen atoms in total. The van der Waals surface area contributed by atoms with E-state index in [0.29, 0.717) is 11.5 Å². The van der Waals surface area contributed by atoms with Gasteiger partial charge in [0, 0.05) is 5.75 Å². The zero-order valence-corrected chi connectivity index (χ0v) is 8.70. The molecule has 0 aliphatic heterocycles. The van der Waals surface area contributed by atoms with Crippen LogP contribution < -0.4 is 4.74 Å². The van der Waals surface area contributed by atoms with E-state index < -0.39 is 12.1 Å². The molecule has 0 aromatic heterocycles. The number of carbonyl (C=O) groups is 1. The number of carboxylic acid groups (broad SMARTS) is 1. The Bertz CT molecular complexity index is 325. The normalized spacial score (nSPS) is 12.1. The monoisotopic (exact) mass is 212 g/mol. The van der Waals surface area contributed by atoms with Crippen molar-refractivity contribution < 1.29 is 14.6 Å². The van der Waals surface area contributed by atoms with Crippen molar-refractivity contribution in [3.05, 3.63) is 29.8 Å². The highest BCUT2D eigenvalue weighted by Gasteiger charge is 2.11. The summed E-state index contributed by atoms with van der Waals surface area (Å²) >= 11 is 4.12. The predicted molar refractivity (Wildman–Crippen MR) is 56.9 cm³/mol. The average Bonchev–Trinajstić information content (AvgIpc) is 2.18. The standard InChI is InChI=1S/C10H12O3S/c1-7(10(11)12)13-9-4-2-3-8(5-9)6-14/h2-5,7,14H,6H2,1H3,(H,11,12)/t7-/m1/s1. The van der Waals surface area contributed by atoms with E-state index in [-0.39, 0.29) is 0 Å². The SMILES string of the molecule is C[C@@H](Oc1cccc(CS)c1)C(=O)O. The van der Waals surface area contributed by atoms with E-state index in [9.17, 15) is 4.79 Å². The lowest BCUT2D eigenvalue weighted by atomic mass is 10.2. The average molecular weight is 212 g/mol. The molecule has 0 amide bonds. The van der Waals surface area contributed by atoms with Crippen molar-refractivity contribution in [3.8, 4) is 5.75 Å². The molecule has 1 N–H and O–H groups in total. The summed E-state index contributed by atoms with van der Waals surface area (Å²) in [5.74, 6) is 0.200. The van der Waals surface area contributed by atoms with Crippen LogP contribution in [0.4, 0.5) is 0 Å². The first-order chi connectivity index (χ1) is 6.63. The van der Waals surface area contributed by atoms with Gasteiger partial charge in [0.05, 0.1) is 0 Å². The van der Waals surface area contributed by atoms with E-state index in [1.54, 1.807) is 12.1 Å². The summed E-state index contributed by atoms with van der Waals surface area (Å²) in [6.07, 6.45) is -0.829. The molecule has 0 fully saturated rings. The van der Waals surface area contributed by atoms with Gasteiger partial charge in [0.2, 0.25) is 0 Å². The summed E-state index contributed by atoms with van der Waals surface area (Å²) in [5.41, 5.74) is 1.00. The lowest BCUT2D eigenvalue weighted by Crippen LogP contribution is -2.22. The van der Waals surface area contributed by atoms with Crippen molar-refractivity contribution in [1.29, 1.82) is 0 Å². The fourth-order valence-corrected chi connectivity index (χ4v) is 1.17. The minimum absolute atomic E-state index is 0.562. The van der Waals surface area contributed by atoms with Crippen molar-refractivity contribution in [2.45, 2.75) is 18.8 Å². The number of hydrogen-bond acceptors (Lipinski definition) is 3. The minimum Gasteiger partial charge on any atom is -0.479 e. The van der Waals surface area contributed by atoms with Crippen LogP contribution in [0.5, 0.6) is 5.75 Å². The number of thiol groups is 1. The second-order valence-electron chi connectivity index (χ2n) is 2.90. The maximum absolute atomic E-state index is 10.5. The minimum atomic E-state index is -0.971. The number of carboxylic acids is 1. The van der Waals surface area contributed by atoms with Crippen LogP contribution >= 0.6 is 12.6 Å². The van der Waals surface area contributed by atoms with Crippen LogP contribution in [0.15, 0.2) is 24.3 Å². The van der Waals surface area contributed by atoms with Crippen LogP contribution in [0.2, 0.25) is 0 Å². The van der Waals surface area contributed by atoms with Gasteiger partial charge in [-0.15, -0.1) is 0 Å². The smallest absolute Gasteiger partial charge is 0.344 e. The number of aliphatic carboxylic acids is 1. The molecule has 0 bridgehead atoms. The molecule has 1 aromatic rings. The molecule has 0 aliphatic rings. The first-order valence-corrected chi connectivity index (χ1v) is 4.86. The molecule has 0 heterocycles. The molecule has 1 atom stereocenters. The summed E-state index contributed by atoms with van der Waals surface area (Å²) in [4.78, 5) is 10.5. The maximum atomic E-state index is 10.5. The van der Waals surface area contributed by atoms with Crippen molar-refractivity contribution in [2.24, 2.45) is 0 Å². The van der Waals surface area contributed by atoms with Crippen LogP contribution in [0.3, 0.4) is 0 Å². The third kappa shape index (κ3) is 2.96. The van der Waals surface area contributed by atoms with Crippen molar-refractivity contribution in [1.82, 2.24) is 0 Å². The predicted octanol–water partition coefficient (Wildman–Crippen LogP) is 1.97. The number of rotatable bonds is 4. The first kappa shape index (κ1) is 10.9. The summed E-state index contributed by atoms with van der Waals surface area (Å²) in [7, 11) is 0. The van der Waals surface area contributed by atoms with Crippen molar-refractivity contribution in [2.75, 3.05) is 0 Å². The fourth-order valence-electron chi connectivity index (χ4n) is 0.972. The van der Waals surface area contributed by atoms with Crippen LogP contribution in [-0.2, 0) is 10.5 Å². The molecule has 4 heteroatoms. The third-order valence-corrected chi connectivity index (χ3v) is 2.11. The van der Waals surface area contributed by atoms with E-state index in [1.807, 2.05) is 12.1 Å². The zero-order valence-electron chi connectivity index (χ0n) is 7.80. The lowest BCUT2D eigenvalue weighted by Gasteiger charge is -2.10. The van der Waals surface area contributed by atoms with Crippen LogP contribution in [0.25, 0.3) is 0 Å². The molecule has 0 unspecified atom stereocenters. The first-order valence-electron chi connectivity index (χ1n) is 4.22. The Morgan fingerprint density at radius 3 is 2.93 bits per heavy atom. The summed E-state index contributed by atoms with van der Waals surface area (Å²) in [5, 5.41) is 8.63. The Kier molecular flexibility index (Phi) is 3.83. The maximum Gasteiger partial charge on any atom is 0.344 e. The van der Waals surface area contributed by atoms with Crippen molar-refractivity contribution in [3.63, 3.8) is 0 Å². The van der Waals surface area contributed by atoms with E-state index in [4.69, 9.17) is 9.84 Å². The number of benzene rings is 1. The molecule has 0 spiro atoms. The Hall–Kier alpha value is -1.16. The molecular formula is C10H12O3S. The molecule has 14 heavy (non-hydrogen) atoms. The van der Waals surface area contributed by atoms with Crippen molar-refractivity contribution >= 4 is 18.6 Å². The molecule has 0 saturated heterocycles. The van der Waals surface area contributed by atoms with Crippen LogP contribution in [0.1, 0.15) is 12.5 Å². The summed E-state index contributed by atoms with van der Waals surface area (Å²) < 4.78 is 5.18. The Balaban J connectivity index is 2.71. The second-order valence-corrected chi connectivity index (χ2v) is 3.22. The van der Waals surface area contributed by atoms with Gasteiger partial charge in [0.25, 0.3) is 0 Å². The van der Waals surface area contributed by atoms with Crippen LogP contribution in [-0.4, -0.2) is 17.2 Å². The van der Waals surface area contributed by atoms with Gasteiger partial charge in [-0.2, -0.15) is 12.6 Å². The van der Waals surface area contributed by atoms with E-state index >= 15 is 0 Å². The molecule has 1 rings (SSSR count). The van der Waals surface area contributed by atoms with E-state index in [1.165, 1.54) is 6.92 Å². The molecular weight excluding hydrogens is 200 g/mol. The second kappa shape index (κ2) is 4.91. The lowest BCUT2D eigenvalue weighted by molar-refractivity contribution is -0.144. The number of ether oxygens (including phenoxy) is 1. The van der Waals surface area contributed by atoms with Gasteiger partial charge in [-0.1, -0.05) is 12.1 Å². The van der Waals surface area contributed by atoms with Gasteiger partial charge < -0.3 is 9.84 Å². The van der Waals surface area contributed by atoms with Gasteiger partial charge in [-0.25, -0.2) is 4.79 Å². The van der Waals surface area contributed by atoms with Gasteiger partial charge in [-0.05, 0) is 24.6 Å². The molecule has 76 valence electrons. The molecule has 0 aliphatic carbocycles. The topological polar surface area (TPSA) is 46.5 Å². The van der Waals surface area contributed by atoms with Gasteiger partial charge in [-0.3, -0.25) is 0 Å². The highest BCUT2D eigenvalue weighted by Crippen LogP contribution is 2.16. The summed E-state index contributed by atoms with van der Waals surface area (Å²) in [6.45, 7) is 1.50. The molecule has 0 radical (unpaired) electrons. The highest BCUT2D eigenvalue weighted by atomic mass is 32.1. The quantitative estimate of drug-likeness (QED) is 0.750. The zero-order chi connectivity index (χ0) is 10.6. The third-order valence-electron chi connectivity index (χ3n) is 1.74. The van der Waals surface area contributed by atoms with Gasteiger partial charge in [0.15, 0.2) is 6.10 Å². The van der Waals surface area contributed by atoms with Gasteiger partial charge >= 0.3 is 5.97 Å². The highest BCUT2D eigenvalue weighted by molar-refractivity contribution is 7.79. The van der Waals surface area contributed by atoms with E-state index in [2.05, 4.69) is 12.6 Å². The fraction of sp³-hybridized carbons (Fsp3) is 0.300. The van der Waals surface area contributed by atoms with E-state index in [0.717, 1.165) is 5.56 Å². The Labute approximate surface area is 88.1 Å². The molecule has 1 aromatic carbocycles. The van der Waals surface area contributed by atoms with Gasteiger partial charge in [0.1, 0.15) is 5.75 Å². The molecule has 0 saturated carbocycles. The summed E-state index contributed by atoms with van der Waals surface area (Å²) in [6, 6.07) is 7.24. The Morgan fingerprint density at radius 2 is 2.36 bits per heavy atom. The van der Waals surface area contributed by atoms with Crippen LogP contribution in [0, 0.1) is 0 Å². The number of hydrogen-bond donors (Lipinski definition) is 2. The largest absolute Gasteiger partial charge is 0.479 e. The Morgan fingerprint density at radius 1 is 1.64 bits per heavy atom.